The van der Waals surface area contributed by atoms with Gasteiger partial charge in [0, 0.05) is 19.6 Å². The maximum Gasteiger partial charge on any atom is 0.410 e. The Labute approximate surface area is 108 Å². The largest absolute Gasteiger partial charge is 0.445 e. The molecule has 1 N–H and O–H groups in total. The van der Waals surface area contributed by atoms with E-state index in [1.807, 2.05) is 31.2 Å². The lowest BCUT2D eigenvalue weighted by Crippen LogP contribution is -2.34. The normalized spacial score (nSPS) is 16.2. The number of amides is 1. The van der Waals surface area contributed by atoms with Gasteiger partial charge in [0.25, 0.3) is 0 Å². The Bertz CT molecular complexity index is 399. The highest BCUT2D eigenvalue weighted by Gasteiger charge is 2.16. The van der Waals surface area contributed by atoms with Crippen LogP contribution in [0.2, 0.25) is 0 Å². The standard InChI is InChI=1S/C14H20N2O2/c1-12-4-2-5-13(10-12)11-18-14(17)16-8-3-6-15-7-9-16/h2,4-5,10,15H,3,6-9,11H2,1H3. The van der Waals surface area contributed by atoms with Gasteiger partial charge >= 0.3 is 6.09 Å². The molecule has 2 rings (SSSR count). The molecule has 1 aromatic rings. The maximum absolute atomic E-state index is 11.9. The molecule has 18 heavy (non-hydrogen) atoms. The van der Waals surface area contributed by atoms with Gasteiger partial charge in [-0.1, -0.05) is 29.8 Å². The van der Waals surface area contributed by atoms with E-state index in [2.05, 4.69) is 5.32 Å². The Hall–Kier alpha value is -1.55. The summed E-state index contributed by atoms with van der Waals surface area (Å²) in [6.45, 7) is 5.71. The van der Waals surface area contributed by atoms with Crippen LogP contribution in [0, 0.1) is 6.92 Å². The van der Waals surface area contributed by atoms with E-state index in [-0.39, 0.29) is 6.09 Å². The SMILES string of the molecule is Cc1cccc(COC(=O)N2CCCNCC2)c1. The number of nitrogens with one attached hydrogen (secondary N) is 1. The molecule has 0 spiro atoms. The van der Waals surface area contributed by atoms with E-state index >= 15 is 0 Å². The highest BCUT2D eigenvalue weighted by atomic mass is 16.6. The van der Waals surface area contributed by atoms with E-state index in [0.717, 1.165) is 38.2 Å². The summed E-state index contributed by atoms with van der Waals surface area (Å²) in [5.74, 6) is 0. The fourth-order valence-electron chi connectivity index (χ4n) is 2.07. The number of hydrogen-bond acceptors (Lipinski definition) is 3. The van der Waals surface area contributed by atoms with Crippen molar-refractivity contribution in [1.82, 2.24) is 10.2 Å². The predicted octanol–water partition coefficient (Wildman–Crippen LogP) is 1.93. The third kappa shape index (κ3) is 3.74. The van der Waals surface area contributed by atoms with Gasteiger partial charge in [0.1, 0.15) is 6.61 Å². The molecule has 1 saturated heterocycles. The Morgan fingerprint density at radius 2 is 2.28 bits per heavy atom. The summed E-state index contributed by atoms with van der Waals surface area (Å²) in [6, 6.07) is 8.03. The van der Waals surface area contributed by atoms with Crippen molar-refractivity contribution in [3.63, 3.8) is 0 Å². The third-order valence-corrected chi connectivity index (χ3v) is 3.04. The molecule has 1 aliphatic rings. The first-order valence-corrected chi connectivity index (χ1v) is 6.44. The zero-order chi connectivity index (χ0) is 12.8. The van der Waals surface area contributed by atoms with Gasteiger partial charge in [-0.05, 0) is 25.5 Å². The summed E-state index contributed by atoms with van der Waals surface area (Å²) in [4.78, 5) is 13.7. The number of carbonyl (C=O) groups excluding carboxylic acids is 1. The van der Waals surface area contributed by atoms with E-state index in [9.17, 15) is 4.79 Å². The summed E-state index contributed by atoms with van der Waals surface area (Å²) < 4.78 is 5.34. The number of ether oxygens (including phenoxy) is 1. The molecule has 0 saturated carbocycles. The summed E-state index contributed by atoms with van der Waals surface area (Å²) in [7, 11) is 0. The smallest absolute Gasteiger partial charge is 0.410 e. The van der Waals surface area contributed by atoms with Crippen molar-refractivity contribution in [2.24, 2.45) is 0 Å². The zero-order valence-electron chi connectivity index (χ0n) is 10.8. The second kappa shape index (κ2) is 6.40. The average molecular weight is 248 g/mol. The number of nitrogens with zero attached hydrogens (tertiary/aromatic N) is 1. The highest BCUT2D eigenvalue weighted by Crippen LogP contribution is 2.07. The first-order valence-electron chi connectivity index (χ1n) is 6.44. The predicted molar refractivity (Wildman–Crippen MR) is 70.4 cm³/mol. The minimum absolute atomic E-state index is 0.208. The van der Waals surface area contributed by atoms with E-state index in [0.29, 0.717) is 6.61 Å². The fraction of sp³-hybridized carbons (Fsp3) is 0.500. The van der Waals surface area contributed by atoms with Crippen LogP contribution >= 0.6 is 0 Å². The fourth-order valence-corrected chi connectivity index (χ4v) is 2.07. The molecule has 1 heterocycles. The maximum atomic E-state index is 11.9. The minimum Gasteiger partial charge on any atom is -0.445 e. The first-order chi connectivity index (χ1) is 8.75. The van der Waals surface area contributed by atoms with Crippen LogP contribution in [0.4, 0.5) is 4.79 Å². The van der Waals surface area contributed by atoms with Gasteiger partial charge < -0.3 is 15.0 Å². The average Bonchev–Trinajstić information content (AvgIpc) is 2.65. The lowest BCUT2D eigenvalue weighted by Gasteiger charge is -2.19. The monoisotopic (exact) mass is 248 g/mol. The molecule has 1 aromatic carbocycles. The summed E-state index contributed by atoms with van der Waals surface area (Å²) in [5, 5.41) is 3.26. The van der Waals surface area contributed by atoms with Crippen LogP contribution in [0.15, 0.2) is 24.3 Å². The molecule has 0 bridgehead atoms. The van der Waals surface area contributed by atoms with Crippen LogP contribution in [-0.2, 0) is 11.3 Å². The Morgan fingerprint density at radius 1 is 1.39 bits per heavy atom. The summed E-state index contributed by atoms with van der Waals surface area (Å²) in [5.41, 5.74) is 2.22. The topological polar surface area (TPSA) is 41.6 Å². The van der Waals surface area contributed by atoms with Gasteiger partial charge in [0.2, 0.25) is 0 Å². The van der Waals surface area contributed by atoms with Crippen molar-refractivity contribution in [2.75, 3.05) is 26.2 Å². The lowest BCUT2D eigenvalue weighted by molar-refractivity contribution is 0.0984. The van der Waals surface area contributed by atoms with Crippen LogP contribution < -0.4 is 5.32 Å². The second-order valence-electron chi connectivity index (χ2n) is 4.63. The number of benzene rings is 1. The molecule has 1 amide bonds. The number of hydrogen-bond donors (Lipinski definition) is 1. The van der Waals surface area contributed by atoms with Crippen LogP contribution in [0.25, 0.3) is 0 Å². The van der Waals surface area contributed by atoms with Crippen molar-refractivity contribution < 1.29 is 9.53 Å². The van der Waals surface area contributed by atoms with Crippen molar-refractivity contribution in [1.29, 1.82) is 0 Å². The molecular weight excluding hydrogens is 228 g/mol. The Morgan fingerprint density at radius 3 is 3.11 bits per heavy atom. The molecule has 1 aliphatic heterocycles. The van der Waals surface area contributed by atoms with E-state index in [4.69, 9.17) is 4.74 Å². The van der Waals surface area contributed by atoms with Crippen molar-refractivity contribution in [3.8, 4) is 0 Å². The van der Waals surface area contributed by atoms with Gasteiger partial charge in [-0.25, -0.2) is 4.79 Å². The number of aryl methyl sites for hydroxylation is 1. The molecule has 4 heteroatoms. The molecule has 98 valence electrons. The lowest BCUT2D eigenvalue weighted by atomic mass is 10.1. The number of rotatable bonds is 2. The third-order valence-electron chi connectivity index (χ3n) is 3.04. The van der Waals surface area contributed by atoms with Crippen LogP contribution in [0.3, 0.4) is 0 Å². The van der Waals surface area contributed by atoms with Crippen molar-refractivity contribution in [3.05, 3.63) is 35.4 Å². The van der Waals surface area contributed by atoms with Crippen molar-refractivity contribution >= 4 is 6.09 Å². The van der Waals surface area contributed by atoms with Crippen LogP contribution in [0.1, 0.15) is 17.5 Å². The molecule has 1 fully saturated rings. The molecule has 0 radical (unpaired) electrons. The highest BCUT2D eigenvalue weighted by molar-refractivity contribution is 5.67. The number of carbonyl (C=O) groups is 1. The van der Waals surface area contributed by atoms with Gasteiger partial charge in [-0.3, -0.25) is 0 Å². The quantitative estimate of drug-likeness (QED) is 0.869. The Balaban J connectivity index is 1.83. The van der Waals surface area contributed by atoms with Gasteiger partial charge in [-0.2, -0.15) is 0 Å². The zero-order valence-corrected chi connectivity index (χ0v) is 10.8. The van der Waals surface area contributed by atoms with E-state index in [1.54, 1.807) is 4.90 Å². The summed E-state index contributed by atoms with van der Waals surface area (Å²) in [6.07, 6.45) is 0.778. The van der Waals surface area contributed by atoms with Gasteiger partial charge in [-0.15, -0.1) is 0 Å². The molecule has 0 atom stereocenters. The Kier molecular flexibility index (Phi) is 4.59. The molecule has 0 aliphatic carbocycles. The van der Waals surface area contributed by atoms with E-state index < -0.39 is 0 Å². The van der Waals surface area contributed by atoms with Gasteiger partial charge in [0.15, 0.2) is 0 Å². The minimum atomic E-state index is -0.208. The van der Waals surface area contributed by atoms with Gasteiger partial charge in [0.05, 0.1) is 0 Å². The van der Waals surface area contributed by atoms with Crippen molar-refractivity contribution in [2.45, 2.75) is 20.0 Å². The second-order valence-corrected chi connectivity index (χ2v) is 4.63. The molecular formula is C14H20N2O2. The molecule has 0 unspecified atom stereocenters. The van der Waals surface area contributed by atoms with Crippen LogP contribution in [0.5, 0.6) is 0 Å². The summed E-state index contributed by atoms with van der Waals surface area (Å²) >= 11 is 0. The van der Waals surface area contributed by atoms with Crippen LogP contribution in [-0.4, -0.2) is 37.2 Å². The van der Waals surface area contributed by atoms with E-state index in [1.165, 1.54) is 5.56 Å². The first kappa shape index (κ1) is 12.9. The molecule has 4 nitrogen and oxygen atoms in total. The molecule has 0 aromatic heterocycles.